The van der Waals surface area contributed by atoms with Gasteiger partial charge < -0.3 is 5.32 Å². The molecule has 2 aliphatic rings. The number of piperidine rings is 1. The lowest BCUT2D eigenvalue weighted by atomic mass is 9.99. The second-order valence-corrected chi connectivity index (χ2v) is 7.90. The molecule has 142 valence electrons. The summed E-state index contributed by atoms with van der Waals surface area (Å²) in [5, 5.41) is 8.13. The zero-order chi connectivity index (χ0) is 17.2. The molecule has 1 aliphatic heterocycles. The molecule has 4 nitrogen and oxygen atoms in total. The molecule has 2 heterocycles. The molecule has 5 heteroatoms. The fourth-order valence-electron chi connectivity index (χ4n) is 3.90. The molecule has 1 aliphatic carbocycles. The van der Waals surface area contributed by atoms with Crippen molar-refractivity contribution < 1.29 is 0 Å². The van der Waals surface area contributed by atoms with Gasteiger partial charge in [-0.15, -0.1) is 12.4 Å². The summed E-state index contributed by atoms with van der Waals surface area (Å²) in [6.45, 7) is 6.84. The van der Waals surface area contributed by atoms with Gasteiger partial charge in [-0.25, -0.2) is 0 Å². The van der Waals surface area contributed by atoms with Crippen LogP contribution in [-0.4, -0.2) is 40.4 Å². The summed E-state index contributed by atoms with van der Waals surface area (Å²) < 4.78 is 1.98. The molecule has 4 rings (SSSR count). The first-order valence-corrected chi connectivity index (χ1v) is 9.72. The summed E-state index contributed by atoms with van der Waals surface area (Å²) in [4.78, 5) is 2.61. The van der Waals surface area contributed by atoms with Gasteiger partial charge in [-0.2, -0.15) is 5.10 Å². The monoisotopic (exact) mass is 374 g/mol. The molecule has 1 N–H and O–H groups in total. The molecule has 0 unspecified atom stereocenters. The first kappa shape index (κ1) is 19.4. The molecular weight excluding hydrogens is 344 g/mol. The summed E-state index contributed by atoms with van der Waals surface area (Å²) in [5.74, 6) is 0.979. The highest BCUT2D eigenvalue weighted by Gasteiger charge is 2.24. The molecular formula is C21H31ClN4. The number of hydrogen-bond acceptors (Lipinski definition) is 3. The number of likely N-dealkylation sites (tertiary alicyclic amines) is 1. The molecule has 1 aromatic heterocycles. The van der Waals surface area contributed by atoms with E-state index in [0.717, 1.165) is 18.5 Å². The standard InChI is InChI=1S/C21H30N4.ClH/c1-16-3-6-18(20(13-16)21-7-10-23-24(21)2)15-25-11-8-19(9-12-25)22-14-17-4-5-17;/h3,6-7,10,13,17,19,22H,4-5,8-9,11-12,14-15H2,1-2H3;1H. The van der Waals surface area contributed by atoms with Crippen LogP contribution >= 0.6 is 12.4 Å². The Morgan fingerprint density at radius 3 is 2.54 bits per heavy atom. The zero-order valence-corrected chi connectivity index (χ0v) is 16.8. The van der Waals surface area contributed by atoms with Gasteiger partial charge in [0.05, 0.1) is 5.69 Å². The lowest BCUT2D eigenvalue weighted by molar-refractivity contribution is 0.190. The van der Waals surface area contributed by atoms with Crippen LogP contribution in [0.15, 0.2) is 30.5 Å². The van der Waals surface area contributed by atoms with Crippen LogP contribution in [0.25, 0.3) is 11.3 Å². The number of rotatable bonds is 6. The lowest BCUT2D eigenvalue weighted by Crippen LogP contribution is -2.42. The second kappa shape index (κ2) is 8.55. The Kier molecular flexibility index (Phi) is 6.38. The van der Waals surface area contributed by atoms with Crippen LogP contribution in [-0.2, 0) is 13.6 Å². The van der Waals surface area contributed by atoms with Crippen molar-refractivity contribution in [2.24, 2.45) is 13.0 Å². The van der Waals surface area contributed by atoms with Gasteiger partial charge in [0.1, 0.15) is 0 Å². The van der Waals surface area contributed by atoms with Crippen LogP contribution in [0, 0.1) is 12.8 Å². The molecule has 0 amide bonds. The first-order valence-electron chi connectivity index (χ1n) is 9.72. The maximum atomic E-state index is 4.36. The highest BCUT2D eigenvalue weighted by atomic mass is 35.5. The first-order chi connectivity index (χ1) is 12.2. The van der Waals surface area contributed by atoms with Crippen molar-refractivity contribution in [2.75, 3.05) is 19.6 Å². The fourth-order valence-corrected chi connectivity index (χ4v) is 3.90. The maximum absolute atomic E-state index is 4.36. The van der Waals surface area contributed by atoms with E-state index in [1.54, 1.807) is 0 Å². The highest BCUT2D eigenvalue weighted by molar-refractivity contribution is 5.85. The third-order valence-corrected chi connectivity index (χ3v) is 5.74. The van der Waals surface area contributed by atoms with Crippen molar-refractivity contribution in [2.45, 2.75) is 45.2 Å². The van der Waals surface area contributed by atoms with Gasteiger partial charge in [-0.05, 0) is 75.9 Å². The molecule has 0 spiro atoms. The highest BCUT2D eigenvalue weighted by Crippen LogP contribution is 2.29. The van der Waals surface area contributed by atoms with Gasteiger partial charge in [0, 0.05) is 31.4 Å². The molecule has 2 fully saturated rings. The molecule has 1 saturated heterocycles. The Hall–Kier alpha value is -1.36. The van der Waals surface area contributed by atoms with Crippen molar-refractivity contribution >= 4 is 12.4 Å². The molecule has 0 bridgehead atoms. The lowest BCUT2D eigenvalue weighted by Gasteiger charge is -2.33. The van der Waals surface area contributed by atoms with E-state index < -0.39 is 0 Å². The zero-order valence-electron chi connectivity index (χ0n) is 15.9. The van der Waals surface area contributed by atoms with Crippen molar-refractivity contribution in [1.29, 1.82) is 0 Å². The van der Waals surface area contributed by atoms with Gasteiger partial charge in [-0.3, -0.25) is 9.58 Å². The fraction of sp³-hybridized carbons (Fsp3) is 0.571. The Balaban J connectivity index is 0.00000196. The van der Waals surface area contributed by atoms with Crippen LogP contribution in [0.2, 0.25) is 0 Å². The molecule has 0 atom stereocenters. The van der Waals surface area contributed by atoms with Crippen LogP contribution in [0.5, 0.6) is 0 Å². The summed E-state index contributed by atoms with van der Waals surface area (Å²) in [6, 6.07) is 9.68. The van der Waals surface area contributed by atoms with Gasteiger partial charge >= 0.3 is 0 Å². The van der Waals surface area contributed by atoms with E-state index in [1.165, 1.54) is 67.7 Å². The summed E-state index contributed by atoms with van der Waals surface area (Å²) in [6.07, 6.45) is 7.32. The van der Waals surface area contributed by atoms with Crippen molar-refractivity contribution in [3.63, 3.8) is 0 Å². The van der Waals surface area contributed by atoms with E-state index in [9.17, 15) is 0 Å². The summed E-state index contributed by atoms with van der Waals surface area (Å²) >= 11 is 0. The number of halogens is 1. The quantitative estimate of drug-likeness (QED) is 0.835. The number of nitrogens with zero attached hydrogens (tertiary/aromatic N) is 3. The normalized spacial score (nSPS) is 18.7. The van der Waals surface area contributed by atoms with E-state index in [4.69, 9.17) is 0 Å². The third-order valence-electron chi connectivity index (χ3n) is 5.74. The van der Waals surface area contributed by atoms with Crippen LogP contribution in [0.1, 0.15) is 36.8 Å². The predicted molar refractivity (Wildman–Crippen MR) is 110 cm³/mol. The molecule has 1 aromatic carbocycles. The van der Waals surface area contributed by atoms with E-state index in [2.05, 4.69) is 46.5 Å². The van der Waals surface area contributed by atoms with Gasteiger partial charge in [0.25, 0.3) is 0 Å². The van der Waals surface area contributed by atoms with Gasteiger partial charge in [0.2, 0.25) is 0 Å². The Morgan fingerprint density at radius 2 is 1.88 bits per heavy atom. The minimum absolute atomic E-state index is 0. The topological polar surface area (TPSA) is 33.1 Å². The number of nitrogens with one attached hydrogen (secondary N) is 1. The molecule has 26 heavy (non-hydrogen) atoms. The third kappa shape index (κ3) is 4.67. The summed E-state index contributed by atoms with van der Waals surface area (Å²) in [7, 11) is 2.03. The predicted octanol–water partition coefficient (Wildman–Crippen LogP) is 3.78. The molecule has 1 saturated carbocycles. The number of benzene rings is 1. The smallest absolute Gasteiger partial charge is 0.0682 e. The SMILES string of the molecule is Cc1ccc(CN2CCC(NCC3CC3)CC2)c(-c2ccnn2C)c1.Cl. The minimum Gasteiger partial charge on any atom is -0.314 e. The van der Waals surface area contributed by atoms with Crippen molar-refractivity contribution in [1.82, 2.24) is 20.0 Å². The summed E-state index contributed by atoms with van der Waals surface area (Å²) in [5.41, 5.74) is 5.26. The average Bonchev–Trinajstić information content (AvgIpc) is 3.35. The van der Waals surface area contributed by atoms with Gasteiger partial charge in [0.15, 0.2) is 0 Å². The Morgan fingerprint density at radius 1 is 1.12 bits per heavy atom. The van der Waals surface area contributed by atoms with Crippen LogP contribution in [0.4, 0.5) is 0 Å². The van der Waals surface area contributed by atoms with Crippen molar-refractivity contribution in [3.05, 3.63) is 41.6 Å². The van der Waals surface area contributed by atoms with E-state index in [0.29, 0.717) is 0 Å². The second-order valence-electron chi connectivity index (χ2n) is 7.90. The van der Waals surface area contributed by atoms with E-state index in [1.807, 2.05) is 17.9 Å². The average molecular weight is 375 g/mol. The minimum atomic E-state index is 0. The Labute approximate surface area is 163 Å². The van der Waals surface area contributed by atoms with Gasteiger partial charge in [-0.1, -0.05) is 17.7 Å². The largest absolute Gasteiger partial charge is 0.314 e. The molecule has 0 radical (unpaired) electrons. The van der Waals surface area contributed by atoms with E-state index in [-0.39, 0.29) is 12.4 Å². The number of aryl methyl sites for hydroxylation is 2. The van der Waals surface area contributed by atoms with E-state index >= 15 is 0 Å². The molecule has 2 aromatic rings. The Bertz CT molecular complexity index is 715. The van der Waals surface area contributed by atoms with Crippen molar-refractivity contribution in [3.8, 4) is 11.3 Å². The number of hydrogen-bond donors (Lipinski definition) is 1. The maximum Gasteiger partial charge on any atom is 0.0682 e. The van der Waals surface area contributed by atoms with Crippen LogP contribution < -0.4 is 5.32 Å². The van der Waals surface area contributed by atoms with Crippen LogP contribution in [0.3, 0.4) is 0 Å². The number of aromatic nitrogens is 2.